The van der Waals surface area contributed by atoms with Gasteiger partial charge in [-0.25, -0.2) is 4.98 Å². The molecule has 1 aliphatic rings. The highest BCUT2D eigenvalue weighted by Gasteiger charge is 2.18. The molecule has 1 unspecified atom stereocenters. The van der Waals surface area contributed by atoms with E-state index in [1.807, 2.05) is 25.3 Å². The number of thiazole rings is 1. The summed E-state index contributed by atoms with van der Waals surface area (Å²) in [5, 5.41) is 7.31. The number of nitrogens with two attached hydrogens (primary N) is 1. The first kappa shape index (κ1) is 13.9. The molecule has 3 rings (SSSR count). The van der Waals surface area contributed by atoms with Crippen LogP contribution in [0.15, 0.2) is 18.3 Å². The molecular weight excluding hydrogens is 284 g/mol. The predicted molar refractivity (Wildman–Crippen MR) is 86.7 cm³/mol. The molecule has 110 valence electrons. The first-order chi connectivity index (χ1) is 10.0. The molecule has 1 aromatic heterocycles. The summed E-state index contributed by atoms with van der Waals surface area (Å²) in [4.78, 5) is 17.0. The Morgan fingerprint density at radius 2 is 2.24 bits per heavy atom. The number of fused-ring (bicyclic) bond motifs is 1. The van der Waals surface area contributed by atoms with Crippen molar-refractivity contribution >= 4 is 34.3 Å². The van der Waals surface area contributed by atoms with Gasteiger partial charge in [-0.1, -0.05) is 0 Å². The van der Waals surface area contributed by atoms with Crippen LogP contribution in [0.5, 0.6) is 0 Å². The van der Waals surface area contributed by atoms with Crippen molar-refractivity contribution < 1.29 is 4.79 Å². The number of nitrogens with one attached hydrogen (secondary N) is 2. The van der Waals surface area contributed by atoms with Crippen LogP contribution in [0.4, 0.5) is 17.1 Å². The molecule has 1 aliphatic heterocycles. The molecule has 0 aliphatic carbocycles. The quantitative estimate of drug-likeness (QED) is 0.761. The smallest absolute Gasteiger partial charge is 0.224 e. The summed E-state index contributed by atoms with van der Waals surface area (Å²) in [6.45, 7) is 4.11. The van der Waals surface area contributed by atoms with Crippen molar-refractivity contribution in [3.63, 3.8) is 0 Å². The number of amides is 1. The molecule has 6 heteroatoms. The fourth-order valence-corrected chi connectivity index (χ4v) is 3.21. The zero-order valence-electron chi connectivity index (χ0n) is 12.1. The first-order valence-electron chi connectivity index (χ1n) is 6.94. The molecule has 21 heavy (non-hydrogen) atoms. The van der Waals surface area contributed by atoms with E-state index in [1.165, 1.54) is 4.88 Å². The summed E-state index contributed by atoms with van der Waals surface area (Å²) in [5.74, 6) is 0.0502. The molecule has 4 N–H and O–H groups in total. The zero-order valence-corrected chi connectivity index (χ0v) is 12.9. The Labute approximate surface area is 127 Å². The second kappa shape index (κ2) is 5.37. The van der Waals surface area contributed by atoms with Gasteiger partial charge in [-0.15, -0.1) is 11.3 Å². The maximum Gasteiger partial charge on any atom is 0.224 e. The summed E-state index contributed by atoms with van der Waals surface area (Å²) in [7, 11) is 0. The highest BCUT2D eigenvalue weighted by Crippen LogP contribution is 2.33. The second-order valence-electron chi connectivity index (χ2n) is 5.32. The van der Waals surface area contributed by atoms with Crippen molar-refractivity contribution in [1.82, 2.24) is 4.98 Å². The van der Waals surface area contributed by atoms with Gasteiger partial charge in [-0.05, 0) is 38.0 Å². The SMILES string of the molecule is Cc1cnc(C(C)Nc2cc3c(cc2N)NC(=O)CC3)s1. The lowest BCUT2D eigenvalue weighted by Crippen LogP contribution is -2.19. The molecule has 5 nitrogen and oxygen atoms in total. The van der Waals surface area contributed by atoms with Gasteiger partial charge in [0.15, 0.2) is 0 Å². The Bertz CT molecular complexity index is 695. The van der Waals surface area contributed by atoms with Gasteiger partial charge in [0.1, 0.15) is 5.01 Å². The average Bonchev–Trinajstić information content (AvgIpc) is 2.86. The third-order valence-electron chi connectivity index (χ3n) is 3.55. The predicted octanol–water partition coefficient (Wildman–Crippen LogP) is 3.09. The Morgan fingerprint density at radius 3 is 2.95 bits per heavy atom. The molecule has 1 atom stereocenters. The molecule has 2 aromatic rings. The van der Waals surface area contributed by atoms with Gasteiger partial charge in [-0.3, -0.25) is 4.79 Å². The van der Waals surface area contributed by atoms with E-state index in [0.29, 0.717) is 12.1 Å². The molecular formula is C15H18N4OS. The molecule has 0 fully saturated rings. The lowest BCUT2D eigenvalue weighted by Gasteiger charge is -2.21. The van der Waals surface area contributed by atoms with Crippen LogP contribution in [0.2, 0.25) is 0 Å². The van der Waals surface area contributed by atoms with Crippen molar-refractivity contribution in [2.45, 2.75) is 32.7 Å². The average molecular weight is 302 g/mol. The Hall–Kier alpha value is -2.08. The summed E-state index contributed by atoms with van der Waals surface area (Å²) < 4.78 is 0. The monoisotopic (exact) mass is 302 g/mol. The van der Waals surface area contributed by atoms with Gasteiger partial charge in [0.25, 0.3) is 0 Å². The number of carbonyl (C=O) groups is 1. The van der Waals surface area contributed by atoms with Crippen LogP contribution in [-0.2, 0) is 11.2 Å². The third kappa shape index (κ3) is 2.85. The molecule has 0 saturated carbocycles. The van der Waals surface area contributed by atoms with Gasteiger partial charge >= 0.3 is 0 Å². The molecule has 0 radical (unpaired) electrons. The largest absolute Gasteiger partial charge is 0.397 e. The van der Waals surface area contributed by atoms with Crippen molar-refractivity contribution in [2.24, 2.45) is 0 Å². The number of anilines is 3. The van der Waals surface area contributed by atoms with Gasteiger partial charge in [0.05, 0.1) is 17.4 Å². The topological polar surface area (TPSA) is 80.0 Å². The van der Waals surface area contributed by atoms with E-state index in [1.54, 1.807) is 11.3 Å². The van der Waals surface area contributed by atoms with E-state index < -0.39 is 0 Å². The highest BCUT2D eigenvalue weighted by molar-refractivity contribution is 7.11. The van der Waals surface area contributed by atoms with Crippen LogP contribution in [0.25, 0.3) is 0 Å². The molecule has 0 bridgehead atoms. The summed E-state index contributed by atoms with van der Waals surface area (Å²) in [6, 6.07) is 3.96. The normalized spacial score (nSPS) is 15.2. The lowest BCUT2D eigenvalue weighted by molar-refractivity contribution is -0.116. The maximum absolute atomic E-state index is 11.4. The molecule has 2 heterocycles. The van der Waals surface area contributed by atoms with Crippen LogP contribution in [-0.4, -0.2) is 10.9 Å². The van der Waals surface area contributed by atoms with Crippen LogP contribution < -0.4 is 16.4 Å². The van der Waals surface area contributed by atoms with E-state index in [9.17, 15) is 4.79 Å². The van der Waals surface area contributed by atoms with E-state index in [0.717, 1.165) is 28.4 Å². The third-order valence-corrected chi connectivity index (χ3v) is 4.65. The maximum atomic E-state index is 11.4. The summed E-state index contributed by atoms with van der Waals surface area (Å²) >= 11 is 1.68. The molecule has 1 aromatic carbocycles. The van der Waals surface area contributed by atoms with Crippen molar-refractivity contribution in [2.75, 3.05) is 16.4 Å². The Morgan fingerprint density at radius 1 is 1.43 bits per heavy atom. The number of hydrogen-bond acceptors (Lipinski definition) is 5. The first-order valence-corrected chi connectivity index (χ1v) is 7.75. The fraction of sp³-hybridized carbons (Fsp3) is 0.333. The zero-order chi connectivity index (χ0) is 15.0. The Kier molecular flexibility index (Phi) is 3.55. The molecule has 1 amide bonds. The number of carbonyl (C=O) groups excluding carboxylic acids is 1. The van der Waals surface area contributed by atoms with Crippen molar-refractivity contribution in [1.29, 1.82) is 0 Å². The van der Waals surface area contributed by atoms with E-state index in [2.05, 4.69) is 22.5 Å². The lowest BCUT2D eigenvalue weighted by atomic mass is 10.0. The number of aromatic nitrogens is 1. The van der Waals surface area contributed by atoms with E-state index in [4.69, 9.17) is 5.73 Å². The van der Waals surface area contributed by atoms with Gasteiger partial charge in [-0.2, -0.15) is 0 Å². The van der Waals surface area contributed by atoms with Crippen LogP contribution in [0.3, 0.4) is 0 Å². The van der Waals surface area contributed by atoms with Gasteiger partial charge < -0.3 is 16.4 Å². The van der Waals surface area contributed by atoms with Crippen molar-refractivity contribution in [3.8, 4) is 0 Å². The second-order valence-corrected chi connectivity index (χ2v) is 6.59. The minimum Gasteiger partial charge on any atom is -0.397 e. The molecule has 0 spiro atoms. The van der Waals surface area contributed by atoms with Crippen LogP contribution >= 0.6 is 11.3 Å². The van der Waals surface area contributed by atoms with E-state index in [-0.39, 0.29) is 11.9 Å². The number of nitrogen functional groups attached to an aromatic ring is 1. The standard InChI is InChI=1S/C15H18N4OS/c1-8-7-17-15(21-8)9(2)18-13-5-10-3-4-14(20)19-12(10)6-11(13)16/h5-7,9,18H,3-4,16H2,1-2H3,(H,19,20). The minimum absolute atomic E-state index is 0.0502. The van der Waals surface area contributed by atoms with Crippen LogP contribution in [0.1, 0.15) is 34.8 Å². The summed E-state index contributed by atoms with van der Waals surface area (Å²) in [6.07, 6.45) is 3.16. The number of nitrogens with zero attached hydrogens (tertiary/aromatic N) is 1. The number of hydrogen-bond donors (Lipinski definition) is 3. The molecule has 0 saturated heterocycles. The minimum atomic E-state index is 0.0502. The van der Waals surface area contributed by atoms with Gasteiger partial charge in [0.2, 0.25) is 5.91 Å². The van der Waals surface area contributed by atoms with Crippen molar-refractivity contribution in [3.05, 3.63) is 33.8 Å². The van der Waals surface area contributed by atoms with Crippen LogP contribution in [0, 0.1) is 6.92 Å². The number of aryl methyl sites for hydroxylation is 2. The highest BCUT2D eigenvalue weighted by atomic mass is 32.1. The van der Waals surface area contributed by atoms with Gasteiger partial charge in [0, 0.05) is 23.2 Å². The fourth-order valence-electron chi connectivity index (χ4n) is 2.44. The van der Waals surface area contributed by atoms with E-state index >= 15 is 0 Å². The number of rotatable bonds is 3. The Balaban J connectivity index is 1.84. The summed E-state index contributed by atoms with van der Waals surface area (Å²) in [5.41, 5.74) is 9.57. The number of benzene rings is 1.